The lowest BCUT2D eigenvalue weighted by Crippen LogP contribution is -2.44. The van der Waals surface area contributed by atoms with E-state index in [4.69, 9.17) is 0 Å². The molecule has 1 heterocycles. The normalized spacial score (nSPS) is 12.6. The van der Waals surface area contributed by atoms with Crippen LogP contribution in [-0.2, 0) is 13.6 Å². The molecule has 0 saturated heterocycles. The zero-order chi connectivity index (χ0) is 16.2. The topological polar surface area (TPSA) is 119 Å². The lowest BCUT2D eigenvalue weighted by molar-refractivity contribution is -0.387. The van der Waals surface area contributed by atoms with Crippen LogP contribution in [0, 0.1) is 16.0 Å². The van der Waals surface area contributed by atoms with Gasteiger partial charge >= 0.3 is 16.9 Å². The molecule has 118 valence electrons. The van der Waals surface area contributed by atoms with E-state index in [-0.39, 0.29) is 13.1 Å². The Balaban J connectivity index is 2.95. The molecule has 1 atom stereocenters. The maximum atomic E-state index is 11.9. The number of nitrogens with zero attached hydrogens (tertiary/aromatic N) is 3. The van der Waals surface area contributed by atoms with E-state index >= 15 is 0 Å². The van der Waals surface area contributed by atoms with Gasteiger partial charge < -0.3 is 10.4 Å². The summed E-state index contributed by atoms with van der Waals surface area (Å²) in [6.07, 6.45) is -0.110. The van der Waals surface area contributed by atoms with Crippen LogP contribution >= 0.6 is 0 Å². The number of rotatable bonds is 7. The molecule has 0 aromatic carbocycles. The first-order valence-corrected chi connectivity index (χ1v) is 6.57. The summed E-state index contributed by atoms with van der Waals surface area (Å²) in [6.45, 7) is 4.58. The Morgan fingerprint density at radius 3 is 2.52 bits per heavy atom. The van der Waals surface area contributed by atoms with E-state index in [0.29, 0.717) is 17.0 Å². The highest BCUT2D eigenvalue weighted by molar-refractivity contribution is 5.21. The molecule has 0 fully saturated rings. The zero-order valence-corrected chi connectivity index (χ0v) is 12.3. The largest absolute Gasteiger partial charge is 0.390 e. The molecule has 0 amide bonds. The maximum Gasteiger partial charge on any atom is 0.350 e. The van der Waals surface area contributed by atoms with Gasteiger partial charge in [0.05, 0.1) is 23.8 Å². The zero-order valence-electron chi connectivity index (χ0n) is 12.3. The first kappa shape index (κ1) is 17.1. The summed E-state index contributed by atoms with van der Waals surface area (Å²) < 4.78 is 1.63. The number of hydrogen-bond donors (Lipinski definition) is 2. The van der Waals surface area contributed by atoms with E-state index in [1.165, 1.54) is 7.05 Å². The predicted octanol–water partition coefficient (Wildman–Crippen LogP) is -0.938. The van der Waals surface area contributed by atoms with Crippen LogP contribution in [0.1, 0.15) is 13.8 Å². The second kappa shape index (κ2) is 7.14. The Morgan fingerprint density at radius 1 is 1.38 bits per heavy atom. The number of nitro groups is 1. The number of aliphatic hydroxyl groups is 1. The molecule has 0 aliphatic carbocycles. The van der Waals surface area contributed by atoms with Crippen molar-refractivity contribution < 1.29 is 10.0 Å². The van der Waals surface area contributed by atoms with E-state index in [1.54, 1.807) is 0 Å². The van der Waals surface area contributed by atoms with Gasteiger partial charge in [-0.25, -0.2) is 4.79 Å². The van der Waals surface area contributed by atoms with Gasteiger partial charge in [0.25, 0.3) is 0 Å². The summed E-state index contributed by atoms with van der Waals surface area (Å²) in [7, 11) is 1.31. The van der Waals surface area contributed by atoms with Gasteiger partial charge in [0.2, 0.25) is 0 Å². The van der Waals surface area contributed by atoms with Crippen LogP contribution in [0.5, 0.6) is 0 Å². The Labute approximate surface area is 121 Å². The molecule has 1 aromatic heterocycles. The smallest absolute Gasteiger partial charge is 0.350 e. The molecule has 0 aliphatic rings. The van der Waals surface area contributed by atoms with Crippen LogP contribution in [-0.4, -0.2) is 38.4 Å². The van der Waals surface area contributed by atoms with Gasteiger partial charge in [0.15, 0.2) is 0 Å². The second-order valence-corrected chi connectivity index (χ2v) is 5.29. The standard InChI is InChI=1S/C12H20N4O5/c1-8(2)4-13-5-9(17)6-15-11(18)10(16(20)21)7-14(3)12(15)19/h7-9,13,17H,4-6H2,1-3H3. The van der Waals surface area contributed by atoms with Crippen molar-refractivity contribution in [2.75, 3.05) is 13.1 Å². The van der Waals surface area contributed by atoms with Gasteiger partial charge in [0, 0.05) is 13.6 Å². The van der Waals surface area contributed by atoms with Crippen molar-refractivity contribution in [2.24, 2.45) is 13.0 Å². The molecule has 9 heteroatoms. The van der Waals surface area contributed by atoms with Gasteiger partial charge in [0.1, 0.15) is 0 Å². The summed E-state index contributed by atoms with van der Waals surface area (Å²) in [5.74, 6) is 0.394. The lowest BCUT2D eigenvalue weighted by Gasteiger charge is -2.14. The first-order chi connectivity index (χ1) is 9.73. The molecule has 0 radical (unpaired) electrons. The van der Waals surface area contributed by atoms with Crippen LogP contribution in [0.15, 0.2) is 15.8 Å². The van der Waals surface area contributed by atoms with Crippen molar-refractivity contribution in [2.45, 2.75) is 26.5 Å². The predicted molar refractivity (Wildman–Crippen MR) is 76.3 cm³/mol. The van der Waals surface area contributed by atoms with Crippen molar-refractivity contribution in [3.05, 3.63) is 37.1 Å². The van der Waals surface area contributed by atoms with E-state index in [1.807, 2.05) is 13.8 Å². The molecule has 1 unspecified atom stereocenters. The quantitative estimate of drug-likeness (QED) is 0.495. The van der Waals surface area contributed by atoms with Crippen molar-refractivity contribution in [3.63, 3.8) is 0 Å². The van der Waals surface area contributed by atoms with E-state index < -0.39 is 28.0 Å². The molecule has 2 N–H and O–H groups in total. The summed E-state index contributed by atoms with van der Waals surface area (Å²) in [6, 6.07) is 0. The number of hydrogen-bond acceptors (Lipinski definition) is 6. The van der Waals surface area contributed by atoms with Gasteiger partial charge in [-0.05, 0) is 12.5 Å². The fourth-order valence-electron chi connectivity index (χ4n) is 1.81. The Bertz CT molecular complexity index is 619. The lowest BCUT2D eigenvalue weighted by atomic mass is 10.2. The minimum atomic E-state index is -1.01. The summed E-state index contributed by atoms with van der Waals surface area (Å²) in [4.78, 5) is 33.7. The van der Waals surface area contributed by atoms with Crippen LogP contribution in [0.25, 0.3) is 0 Å². The molecule has 0 aliphatic heterocycles. The molecule has 1 rings (SSSR count). The summed E-state index contributed by atoms with van der Waals surface area (Å²) in [5.41, 5.74) is -2.40. The van der Waals surface area contributed by atoms with Crippen molar-refractivity contribution in [1.82, 2.24) is 14.5 Å². The highest BCUT2D eigenvalue weighted by Crippen LogP contribution is 1.99. The van der Waals surface area contributed by atoms with Crippen LogP contribution in [0.3, 0.4) is 0 Å². The molecule has 1 aromatic rings. The molecule has 0 saturated carbocycles. The molecule has 0 spiro atoms. The third kappa shape index (κ3) is 4.50. The first-order valence-electron chi connectivity index (χ1n) is 6.57. The van der Waals surface area contributed by atoms with Gasteiger partial charge in [-0.15, -0.1) is 0 Å². The van der Waals surface area contributed by atoms with Crippen LogP contribution in [0.4, 0.5) is 5.69 Å². The average molecular weight is 300 g/mol. The number of aromatic nitrogens is 2. The number of aryl methyl sites for hydroxylation is 1. The molecule has 21 heavy (non-hydrogen) atoms. The molecular weight excluding hydrogens is 280 g/mol. The van der Waals surface area contributed by atoms with Crippen LogP contribution < -0.4 is 16.6 Å². The summed E-state index contributed by atoms with van der Waals surface area (Å²) >= 11 is 0. The highest BCUT2D eigenvalue weighted by atomic mass is 16.6. The second-order valence-electron chi connectivity index (χ2n) is 5.29. The molecule has 9 nitrogen and oxygen atoms in total. The van der Waals surface area contributed by atoms with Crippen molar-refractivity contribution in [3.8, 4) is 0 Å². The van der Waals surface area contributed by atoms with E-state index in [0.717, 1.165) is 10.8 Å². The Hall–Kier alpha value is -2.00. The van der Waals surface area contributed by atoms with Gasteiger partial charge in [-0.3, -0.25) is 24.0 Å². The average Bonchev–Trinajstić information content (AvgIpc) is 2.38. The van der Waals surface area contributed by atoms with Gasteiger partial charge in [-0.1, -0.05) is 13.8 Å². The minimum absolute atomic E-state index is 0.191. The Kier molecular flexibility index (Phi) is 5.79. The number of nitrogens with one attached hydrogen (secondary N) is 1. The third-order valence-electron chi connectivity index (χ3n) is 2.84. The van der Waals surface area contributed by atoms with Crippen LogP contribution in [0.2, 0.25) is 0 Å². The van der Waals surface area contributed by atoms with Crippen molar-refractivity contribution in [1.29, 1.82) is 0 Å². The summed E-state index contributed by atoms with van der Waals surface area (Å²) in [5, 5.41) is 23.6. The highest BCUT2D eigenvalue weighted by Gasteiger charge is 2.20. The maximum absolute atomic E-state index is 11.9. The fourth-order valence-corrected chi connectivity index (χ4v) is 1.81. The monoisotopic (exact) mass is 300 g/mol. The SMILES string of the molecule is CC(C)CNCC(O)Cn1c(=O)c([N+](=O)[O-])cn(C)c1=O. The third-order valence-corrected chi connectivity index (χ3v) is 2.84. The Morgan fingerprint density at radius 2 is 2.00 bits per heavy atom. The van der Waals surface area contributed by atoms with Gasteiger partial charge in [-0.2, -0.15) is 0 Å². The minimum Gasteiger partial charge on any atom is -0.390 e. The number of aliphatic hydroxyl groups excluding tert-OH is 1. The van der Waals surface area contributed by atoms with E-state index in [2.05, 4.69) is 5.32 Å². The van der Waals surface area contributed by atoms with E-state index in [9.17, 15) is 24.8 Å². The molecule has 0 bridgehead atoms. The van der Waals surface area contributed by atoms with Crippen molar-refractivity contribution >= 4 is 5.69 Å². The fraction of sp³-hybridized carbons (Fsp3) is 0.667. The molecular formula is C12H20N4O5.